The van der Waals surface area contributed by atoms with Gasteiger partial charge < -0.3 is 21.3 Å². The van der Waals surface area contributed by atoms with Crippen LogP contribution in [0.25, 0.3) is 0 Å². The van der Waals surface area contributed by atoms with E-state index in [1.165, 1.54) is 0 Å². The van der Waals surface area contributed by atoms with E-state index in [9.17, 15) is 14.4 Å². The van der Waals surface area contributed by atoms with Gasteiger partial charge in [0.2, 0.25) is 5.91 Å². The molecule has 0 aromatic heterocycles. The summed E-state index contributed by atoms with van der Waals surface area (Å²) >= 11 is 1.15. The molecule has 0 heterocycles. The number of carboxylic acid groups (broad SMARTS) is 2. The van der Waals surface area contributed by atoms with Crippen LogP contribution in [0.2, 0.25) is 0 Å². The highest BCUT2D eigenvalue weighted by Crippen LogP contribution is 2.27. The van der Waals surface area contributed by atoms with Gasteiger partial charge in [-0.15, -0.1) is 11.8 Å². The van der Waals surface area contributed by atoms with Crippen molar-refractivity contribution < 1.29 is 24.6 Å². The van der Waals surface area contributed by atoms with Crippen LogP contribution in [0.1, 0.15) is 26.7 Å². The van der Waals surface area contributed by atoms with Gasteiger partial charge in [0.05, 0.1) is 5.75 Å². The summed E-state index contributed by atoms with van der Waals surface area (Å²) in [7, 11) is 0. The minimum absolute atomic E-state index is 0.00278. The average Bonchev–Trinajstić information content (AvgIpc) is 2.30. The molecule has 7 nitrogen and oxygen atoms in total. The van der Waals surface area contributed by atoms with Crippen molar-refractivity contribution in [1.29, 1.82) is 0 Å². The lowest BCUT2D eigenvalue weighted by atomic mass is 10.1. The molecule has 0 saturated carbocycles. The average molecular weight is 292 g/mol. The fourth-order valence-electron chi connectivity index (χ4n) is 1.16. The van der Waals surface area contributed by atoms with E-state index in [0.29, 0.717) is 6.42 Å². The van der Waals surface area contributed by atoms with Gasteiger partial charge in [0, 0.05) is 17.7 Å². The number of nitrogens with one attached hydrogen (secondary N) is 1. The van der Waals surface area contributed by atoms with Crippen LogP contribution in [0.15, 0.2) is 0 Å². The summed E-state index contributed by atoms with van der Waals surface area (Å²) in [6.07, 6.45) is 0.368. The minimum atomic E-state index is -1.11. The van der Waals surface area contributed by atoms with Crippen LogP contribution in [0.4, 0.5) is 0 Å². The molecule has 0 aromatic carbocycles. The number of carboxylic acids is 2. The zero-order valence-electron chi connectivity index (χ0n) is 11.0. The third-order valence-electron chi connectivity index (χ3n) is 2.48. The molecule has 0 aromatic rings. The van der Waals surface area contributed by atoms with Crippen molar-refractivity contribution in [2.24, 2.45) is 5.73 Å². The summed E-state index contributed by atoms with van der Waals surface area (Å²) in [5, 5.41) is 19.8. The molecule has 0 fully saturated rings. The molecule has 0 unspecified atom stereocenters. The summed E-state index contributed by atoms with van der Waals surface area (Å²) in [6.45, 7) is 3.61. The molecule has 0 spiro atoms. The van der Waals surface area contributed by atoms with E-state index in [0.717, 1.165) is 11.8 Å². The zero-order chi connectivity index (χ0) is 15.1. The lowest BCUT2D eigenvalue weighted by Gasteiger charge is -2.27. The standard InChI is InChI=1S/C11H20N2O5S/c1-11(2,9(12)10(17)18)19-6-7(14)13-5-3-4-8(15)16/h9H,3-6,12H2,1-2H3,(H,13,14)(H,15,16)(H,17,18)/t9-/m1/s1. The number of hydrogen-bond donors (Lipinski definition) is 4. The highest BCUT2D eigenvalue weighted by molar-refractivity contribution is 8.01. The predicted octanol–water partition coefficient (Wildman–Crippen LogP) is -0.109. The predicted molar refractivity (Wildman–Crippen MR) is 72.0 cm³/mol. The Hall–Kier alpha value is -1.28. The second-order valence-electron chi connectivity index (χ2n) is 4.56. The summed E-state index contributed by atoms with van der Waals surface area (Å²) in [4.78, 5) is 32.5. The van der Waals surface area contributed by atoms with E-state index < -0.39 is 22.7 Å². The summed E-state index contributed by atoms with van der Waals surface area (Å²) in [6, 6.07) is -1.06. The largest absolute Gasteiger partial charge is 0.481 e. The van der Waals surface area contributed by atoms with Gasteiger partial charge in [-0.2, -0.15) is 0 Å². The molecular weight excluding hydrogens is 272 g/mol. The quantitative estimate of drug-likeness (QED) is 0.436. The molecular formula is C11H20N2O5S. The highest BCUT2D eigenvalue weighted by atomic mass is 32.2. The number of rotatable bonds is 9. The van der Waals surface area contributed by atoms with Crippen molar-refractivity contribution in [3.05, 3.63) is 0 Å². The molecule has 0 radical (unpaired) electrons. The van der Waals surface area contributed by atoms with Crippen molar-refractivity contribution in [3.63, 3.8) is 0 Å². The van der Waals surface area contributed by atoms with Crippen LogP contribution in [0, 0.1) is 0 Å². The normalized spacial score (nSPS) is 12.8. The number of hydrogen-bond acceptors (Lipinski definition) is 5. The van der Waals surface area contributed by atoms with Gasteiger partial charge in [0.1, 0.15) is 6.04 Å². The number of carbonyl (C=O) groups is 3. The Morgan fingerprint density at radius 1 is 1.32 bits per heavy atom. The van der Waals surface area contributed by atoms with Crippen molar-refractivity contribution in [3.8, 4) is 0 Å². The lowest BCUT2D eigenvalue weighted by molar-refractivity contribution is -0.139. The monoisotopic (exact) mass is 292 g/mol. The number of thioether (sulfide) groups is 1. The Morgan fingerprint density at radius 2 is 1.89 bits per heavy atom. The highest BCUT2D eigenvalue weighted by Gasteiger charge is 2.33. The van der Waals surface area contributed by atoms with Crippen LogP contribution in [-0.2, 0) is 14.4 Å². The van der Waals surface area contributed by atoms with Crippen molar-refractivity contribution in [2.45, 2.75) is 37.5 Å². The van der Waals surface area contributed by atoms with E-state index in [-0.39, 0.29) is 24.6 Å². The van der Waals surface area contributed by atoms with Crippen LogP contribution >= 0.6 is 11.8 Å². The molecule has 0 aliphatic carbocycles. The lowest BCUT2D eigenvalue weighted by Crippen LogP contribution is -2.47. The SMILES string of the molecule is CC(C)(SCC(=O)NCCCC(=O)O)[C@H](N)C(=O)O. The molecule has 0 aliphatic rings. The Bertz CT molecular complexity index is 346. The minimum Gasteiger partial charge on any atom is -0.481 e. The van der Waals surface area contributed by atoms with Crippen LogP contribution in [-0.4, -0.2) is 51.1 Å². The maximum Gasteiger partial charge on any atom is 0.321 e. The molecule has 0 aliphatic heterocycles. The zero-order valence-corrected chi connectivity index (χ0v) is 11.8. The molecule has 0 saturated heterocycles. The molecule has 1 atom stereocenters. The molecule has 8 heteroatoms. The topological polar surface area (TPSA) is 130 Å². The van der Waals surface area contributed by atoms with E-state index in [4.69, 9.17) is 15.9 Å². The maximum absolute atomic E-state index is 11.5. The first-order valence-corrected chi connectivity index (χ1v) is 6.76. The van der Waals surface area contributed by atoms with E-state index >= 15 is 0 Å². The molecule has 110 valence electrons. The van der Waals surface area contributed by atoms with Crippen LogP contribution < -0.4 is 11.1 Å². The van der Waals surface area contributed by atoms with E-state index in [1.807, 2.05) is 0 Å². The fraction of sp³-hybridized carbons (Fsp3) is 0.727. The van der Waals surface area contributed by atoms with Crippen molar-refractivity contribution >= 4 is 29.6 Å². The van der Waals surface area contributed by atoms with Gasteiger partial charge in [-0.1, -0.05) is 0 Å². The summed E-state index contributed by atoms with van der Waals surface area (Å²) in [5.41, 5.74) is 5.52. The molecule has 0 rings (SSSR count). The third kappa shape index (κ3) is 7.68. The molecule has 1 amide bonds. The van der Waals surface area contributed by atoms with Gasteiger partial charge in [0.15, 0.2) is 0 Å². The first kappa shape index (κ1) is 17.7. The van der Waals surface area contributed by atoms with Crippen molar-refractivity contribution in [2.75, 3.05) is 12.3 Å². The number of carbonyl (C=O) groups excluding carboxylic acids is 1. The first-order chi connectivity index (χ1) is 8.66. The van der Waals surface area contributed by atoms with Gasteiger partial charge >= 0.3 is 11.9 Å². The van der Waals surface area contributed by atoms with Crippen LogP contribution in [0.3, 0.4) is 0 Å². The van der Waals surface area contributed by atoms with Gasteiger partial charge in [-0.05, 0) is 20.3 Å². The number of amides is 1. The Labute approximate surface area is 115 Å². The molecule has 19 heavy (non-hydrogen) atoms. The first-order valence-electron chi connectivity index (χ1n) is 5.77. The number of aliphatic carboxylic acids is 2. The van der Waals surface area contributed by atoms with Crippen molar-refractivity contribution in [1.82, 2.24) is 5.32 Å². The van der Waals surface area contributed by atoms with Crippen LogP contribution in [0.5, 0.6) is 0 Å². The Balaban J connectivity index is 3.95. The Kier molecular flexibility index (Phi) is 7.47. The fourth-order valence-corrected chi connectivity index (χ4v) is 2.04. The van der Waals surface area contributed by atoms with Gasteiger partial charge in [0.25, 0.3) is 0 Å². The maximum atomic E-state index is 11.5. The Morgan fingerprint density at radius 3 is 2.37 bits per heavy atom. The summed E-state index contributed by atoms with van der Waals surface area (Å²) < 4.78 is -0.760. The number of nitrogens with two attached hydrogens (primary N) is 1. The van der Waals surface area contributed by atoms with Gasteiger partial charge in [-0.25, -0.2) is 0 Å². The van der Waals surface area contributed by atoms with Gasteiger partial charge in [-0.3, -0.25) is 14.4 Å². The van der Waals surface area contributed by atoms with E-state index in [2.05, 4.69) is 5.32 Å². The second-order valence-corrected chi connectivity index (χ2v) is 6.18. The van der Waals surface area contributed by atoms with E-state index in [1.54, 1.807) is 13.8 Å². The summed E-state index contributed by atoms with van der Waals surface area (Å²) in [5.74, 6) is -2.20. The smallest absolute Gasteiger partial charge is 0.321 e. The molecule has 0 bridgehead atoms. The third-order valence-corrected chi connectivity index (χ3v) is 3.88. The second kappa shape index (κ2) is 8.00. The molecule has 5 N–H and O–H groups in total.